The average molecular weight is 369 g/mol. The van der Waals surface area contributed by atoms with Gasteiger partial charge in [0.25, 0.3) is 0 Å². The van der Waals surface area contributed by atoms with E-state index < -0.39 is 36.1 Å². The summed E-state index contributed by atoms with van der Waals surface area (Å²) in [7, 11) is 0. The van der Waals surface area contributed by atoms with Crippen LogP contribution in [-0.4, -0.2) is 29.0 Å². The Morgan fingerprint density at radius 3 is 2.31 bits per heavy atom. The molecule has 0 saturated carbocycles. The molecule has 0 fully saturated rings. The minimum atomic E-state index is -2.06. The molecule has 2 N–H and O–H groups in total. The number of hydrogen-bond acceptors (Lipinski definition) is 4. The molecule has 1 amide bonds. The van der Waals surface area contributed by atoms with Crippen LogP contribution in [0.4, 0.5) is 4.79 Å². The van der Waals surface area contributed by atoms with E-state index in [0.29, 0.717) is 17.7 Å². The van der Waals surface area contributed by atoms with Gasteiger partial charge in [-0.15, -0.1) is 0 Å². The molecule has 0 aliphatic carbocycles. The summed E-state index contributed by atoms with van der Waals surface area (Å²) in [6.45, 7) is 8.50. The molecule has 0 aliphatic rings. The maximum absolute atomic E-state index is 12.2. The average Bonchev–Trinajstić information content (AvgIpc) is 2.53. The van der Waals surface area contributed by atoms with Crippen LogP contribution in [0, 0.1) is 5.92 Å². The maximum atomic E-state index is 12.2. The van der Waals surface area contributed by atoms with Crippen molar-refractivity contribution < 1.29 is 23.5 Å². The molecule has 0 radical (unpaired) electrons. The third-order valence-corrected chi connectivity index (χ3v) is 3.67. The number of aliphatic hydroxyl groups is 1. The molecule has 2 atom stereocenters. The number of carbonyl (C=O) groups is 1. The van der Waals surface area contributed by atoms with Gasteiger partial charge in [-0.2, -0.15) is 0 Å². The monoisotopic (exact) mass is 368 g/mol. The van der Waals surface area contributed by atoms with Gasteiger partial charge in [-0.3, -0.25) is 0 Å². The number of benzene rings is 1. The number of ether oxygens (including phenoxy) is 2. The second-order valence-corrected chi connectivity index (χ2v) is 8.10. The molecular weight excluding hydrogens is 330 g/mol. The van der Waals surface area contributed by atoms with Crippen LogP contribution in [0.15, 0.2) is 24.3 Å². The first-order valence-corrected chi connectivity index (χ1v) is 9.08. The number of nitrogens with one attached hydrogen (secondary N) is 1. The third kappa shape index (κ3) is 8.09. The van der Waals surface area contributed by atoms with E-state index in [2.05, 4.69) is 5.32 Å². The standard InChI is InChI=1S/C21H35NO4/c1-8-9-15(2)14-25-17-12-10-16(11-13-17)18(21(6,7)24)22-19(23)26-20(3,4)5/h10-13,15,18,24H,8-9,14H2,1-7H3,(H,22,23)/t15-,18+/m0/s1/i2D3. The number of alkyl carbamates (subject to hydrolysis) is 1. The van der Waals surface area contributed by atoms with E-state index in [4.69, 9.17) is 13.6 Å². The fourth-order valence-electron chi connectivity index (χ4n) is 2.48. The predicted molar refractivity (Wildman–Crippen MR) is 104 cm³/mol. The van der Waals surface area contributed by atoms with Crippen molar-refractivity contribution in [1.82, 2.24) is 5.32 Å². The van der Waals surface area contributed by atoms with Crippen molar-refractivity contribution in [3.05, 3.63) is 29.8 Å². The molecule has 0 unspecified atom stereocenters. The smallest absolute Gasteiger partial charge is 0.408 e. The molecule has 0 saturated heterocycles. The molecule has 1 aromatic carbocycles. The summed E-state index contributed by atoms with van der Waals surface area (Å²) in [6, 6.07) is 6.18. The van der Waals surface area contributed by atoms with Crippen LogP contribution in [0.2, 0.25) is 0 Å². The molecule has 0 aromatic heterocycles. The van der Waals surface area contributed by atoms with Crippen LogP contribution in [-0.2, 0) is 4.74 Å². The highest BCUT2D eigenvalue weighted by Crippen LogP contribution is 2.28. The van der Waals surface area contributed by atoms with Crippen LogP contribution in [0.1, 0.15) is 77.0 Å². The van der Waals surface area contributed by atoms with Crippen LogP contribution < -0.4 is 10.1 Å². The zero-order valence-electron chi connectivity index (χ0n) is 19.8. The fourth-order valence-corrected chi connectivity index (χ4v) is 2.48. The van der Waals surface area contributed by atoms with Crippen molar-refractivity contribution in [3.63, 3.8) is 0 Å². The molecule has 26 heavy (non-hydrogen) atoms. The Labute approximate surface area is 162 Å². The van der Waals surface area contributed by atoms with E-state index in [0.717, 1.165) is 6.42 Å². The minimum Gasteiger partial charge on any atom is -0.493 e. The van der Waals surface area contributed by atoms with Gasteiger partial charge < -0.3 is 19.9 Å². The van der Waals surface area contributed by atoms with Crippen molar-refractivity contribution in [3.8, 4) is 5.75 Å². The first-order valence-electron chi connectivity index (χ1n) is 10.6. The highest BCUT2D eigenvalue weighted by atomic mass is 16.6. The van der Waals surface area contributed by atoms with Gasteiger partial charge in [0.05, 0.1) is 18.2 Å². The Kier molecular flexibility index (Phi) is 6.29. The van der Waals surface area contributed by atoms with Crippen molar-refractivity contribution in [2.75, 3.05) is 6.61 Å². The van der Waals surface area contributed by atoms with Gasteiger partial charge in [-0.05, 0) is 64.7 Å². The lowest BCUT2D eigenvalue weighted by Crippen LogP contribution is -2.44. The Bertz CT molecular complexity index is 646. The maximum Gasteiger partial charge on any atom is 0.408 e. The Morgan fingerprint density at radius 1 is 1.23 bits per heavy atom. The normalized spacial score (nSPS) is 16.7. The van der Waals surface area contributed by atoms with Crippen molar-refractivity contribution in [2.45, 2.75) is 78.5 Å². The summed E-state index contributed by atoms with van der Waals surface area (Å²) in [5.74, 6) is 0.0102. The SMILES string of the molecule is [2H]C([2H])([2H])[C@@H](CCC)COc1ccc([C@@H](NC(=O)OC(C)(C)C)C(C)(C)O)cc1. The number of hydrogen-bond donors (Lipinski definition) is 2. The second-order valence-electron chi connectivity index (χ2n) is 8.10. The predicted octanol–water partition coefficient (Wildman–Crippen LogP) is 4.84. The first-order chi connectivity index (χ1) is 13.1. The fraction of sp³-hybridized carbons (Fsp3) is 0.667. The second kappa shape index (κ2) is 9.26. The summed E-state index contributed by atoms with van der Waals surface area (Å²) >= 11 is 0. The van der Waals surface area contributed by atoms with Crippen molar-refractivity contribution in [2.24, 2.45) is 5.92 Å². The highest BCUT2D eigenvalue weighted by molar-refractivity contribution is 5.68. The van der Waals surface area contributed by atoms with Gasteiger partial charge in [0, 0.05) is 4.11 Å². The Hall–Kier alpha value is -1.75. The largest absolute Gasteiger partial charge is 0.493 e. The molecule has 148 valence electrons. The molecule has 0 spiro atoms. The van der Waals surface area contributed by atoms with Gasteiger partial charge >= 0.3 is 6.09 Å². The van der Waals surface area contributed by atoms with Crippen LogP contribution in [0.3, 0.4) is 0 Å². The molecule has 1 rings (SSSR count). The van der Waals surface area contributed by atoms with E-state index in [1.807, 2.05) is 6.92 Å². The quantitative estimate of drug-likeness (QED) is 0.689. The lowest BCUT2D eigenvalue weighted by atomic mass is 9.92. The lowest BCUT2D eigenvalue weighted by molar-refractivity contribution is 0.0163. The lowest BCUT2D eigenvalue weighted by Gasteiger charge is -2.31. The summed E-state index contributed by atoms with van der Waals surface area (Å²) in [6.07, 6.45) is 0.717. The van der Waals surface area contributed by atoms with Gasteiger partial charge in [0.1, 0.15) is 11.4 Å². The summed E-state index contributed by atoms with van der Waals surface area (Å²) in [5, 5.41) is 13.2. The van der Waals surface area contributed by atoms with Crippen LogP contribution in [0.5, 0.6) is 5.75 Å². The van der Waals surface area contributed by atoms with Crippen LogP contribution in [0.25, 0.3) is 0 Å². The molecule has 0 bridgehead atoms. The molecule has 0 heterocycles. The van der Waals surface area contributed by atoms with Crippen molar-refractivity contribution >= 4 is 6.09 Å². The minimum absolute atomic E-state index is 0.106. The molecular formula is C21H35NO4. The summed E-state index contributed by atoms with van der Waals surface area (Å²) < 4.78 is 33.8. The van der Waals surface area contributed by atoms with Gasteiger partial charge in [0.2, 0.25) is 0 Å². The summed E-state index contributed by atoms with van der Waals surface area (Å²) in [4.78, 5) is 12.2. The highest BCUT2D eigenvalue weighted by Gasteiger charge is 2.31. The molecule has 1 aromatic rings. The van der Waals surface area contributed by atoms with Gasteiger partial charge in [-0.25, -0.2) is 4.79 Å². The third-order valence-electron chi connectivity index (χ3n) is 3.67. The molecule has 5 heteroatoms. The van der Waals surface area contributed by atoms with E-state index in [1.165, 1.54) is 0 Å². The number of carbonyl (C=O) groups excluding carboxylic acids is 1. The van der Waals surface area contributed by atoms with Gasteiger partial charge in [0.15, 0.2) is 0 Å². The van der Waals surface area contributed by atoms with Crippen LogP contribution >= 0.6 is 0 Å². The molecule has 5 nitrogen and oxygen atoms in total. The zero-order valence-corrected chi connectivity index (χ0v) is 16.8. The van der Waals surface area contributed by atoms with E-state index in [1.54, 1.807) is 58.9 Å². The van der Waals surface area contributed by atoms with Gasteiger partial charge in [-0.1, -0.05) is 32.3 Å². The first kappa shape index (κ1) is 17.7. The van der Waals surface area contributed by atoms with E-state index >= 15 is 0 Å². The Morgan fingerprint density at radius 2 is 1.85 bits per heavy atom. The topological polar surface area (TPSA) is 67.8 Å². The summed E-state index contributed by atoms with van der Waals surface area (Å²) in [5.41, 5.74) is -1.20. The number of amides is 1. The van der Waals surface area contributed by atoms with E-state index in [9.17, 15) is 9.90 Å². The Balaban J connectivity index is 2.88. The zero-order chi connectivity index (χ0) is 22.5. The van der Waals surface area contributed by atoms with Crippen molar-refractivity contribution in [1.29, 1.82) is 0 Å². The molecule has 0 aliphatic heterocycles. The number of rotatable bonds is 8. The van der Waals surface area contributed by atoms with E-state index in [-0.39, 0.29) is 6.61 Å².